The number of carbonyl (C=O) groups excluding carboxylic acids is 1. The Balaban J connectivity index is 1.40. The maximum atomic E-state index is 13.1. The van der Waals surface area contributed by atoms with Crippen LogP contribution in [0.2, 0.25) is 0 Å². The molecule has 5 rings (SSSR count). The molecule has 1 N–H and O–H groups in total. The Hall–Kier alpha value is -2.90. The molecule has 3 heterocycles. The van der Waals surface area contributed by atoms with E-state index in [-0.39, 0.29) is 5.91 Å². The molecule has 33 heavy (non-hydrogen) atoms. The summed E-state index contributed by atoms with van der Waals surface area (Å²) < 4.78 is 12.4. The number of carbonyl (C=O) groups is 1. The lowest BCUT2D eigenvalue weighted by Crippen LogP contribution is -2.23. The van der Waals surface area contributed by atoms with Gasteiger partial charge in [-0.2, -0.15) is 0 Å². The van der Waals surface area contributed by atoms with E-state index in [1.165, 1.54) is 10.4 Å². The van der Waals surface area contributed by atoms with Gasteiger partial charge < -0.3 is 14.2 Å². The molecule has 1 aliphatic carbocycles. The first-order chi connectivity index (χ1) is 16.1. The lowest BCUT2D eigenvalue weighted by molar-refractivity contribution is 0.0948. The number of rotatable bonds is 6. The summed E-state index contributed by atoms with van der Waals surface area (Å²) in [7, 11) is 0. The van der Waals surface area contributed by atoms with Gasteiger partial charge in [0.1, 0.15) is 22.3 Å². The molecule has 1 aliphatic rings. The topological polar surface area (TPSA) is 67.7 Å². The molecular weight excluding hydrogens is 500 g/mol. The SMILES string of the molecule is Cc1ccc(-c2ccc(/C=N\c3sc4c(c3C(=O)NCc3ccco3)CCCC4)o2)c(Br)c1. The maximum absolute atomic E-state index is 13.1. The van der Waals surface area contributed by atoms with Crippen LogP contribution in [0.4, 0.5) is 5.00 Å². The number of aliphatic imine (C=N–C) groups is 1. The summed E-state index contributed by atoms with van der Waals surface area (Å²) in [5.74, 6) is 2.03. The van der Waals surface area contributed by atoms with Crippen LogP contribution in [0.5, 0.6) is 0 Å². The first-order valence-electron chi connectivity index (χ1n) is 10.9. The van der Waals surface area contributed by atoms with Gasteiger partial charge in [0.15, 0.2) is 0 Å². The van der Waals surface area contributed by atoms with Gasteiger partial charge in [0.25, 0.3) is 5.91 Å². The minimum absolute atomic E-state index is 0.110. The number of hydrogen-bond acceptors (Lipinski definition) is 5. The highest BCUT2D eigenvalue weighted by atomic mass is 79.9. The van der Waals surface area contributed by atoms with E-state index < -0.39 is 0 Å². The minimum atomic E-state index is -0.110. The number of halogens is 1. The molecule has 3 aromatic heterocycles. The minimum Gasteiger partial charge on any atom is -0.467 e. The quantitative estimate of drug-likeness (QED) is 0.271. The number of amides is 1. The zero-order valence-electron chi connectivity index (χ0n) is 18.2. The zero-order valence-corrected chi connectivity index (χ0v) is 20.6. The number of nitrogens with zero attached hydrogens (tertiary/aromatic N) is 1. The Labute approximate surface area is 204 Å². The van der Waals surface area contributed by atoms with Crippen LogP contribution in [0.3, 0.4) is 0 Å². The molecule has 0 spiro atoms. The van der Waals surface area contributed by atoms with Gasteiger partial charge in [-0.05, 0) is 80.1 Å². The highest BCUT2D eigenvalue weighted by Gasteiger charge is 2.25. The number of fused-ring (bicyclic) bond motifs is 1. The molecule has 0 saturated heterocycles. The molecule has 1 amide bonds. The molecule has 168 valence electrons. The summed E-state index contributed by atoms with van der Waals surface area (Å²) in [6, 6.07) is 13.7. The van der Waals surface area contributed by atoms with E-state index in [0.29, 0.717) is 17.9 Å². The number of benzene rings is 1. The Morgan fingerprint density at radius 2 is 2.09 bits per heavy atom. The van der Waals surface area contributed by atoms with Crippen molar-refractivity contribution in [1.29, 1.82) is 0 Å². The fourth-order valence-corrected chi connectivity index (χ4v) is 5.97. The summed E-state index contributed by atoms with van der Waals surface area (Å²) >= 11 is 5.22. The molecule has 0 aliphatic heterocycles. The summed E-state index contributed by atoms with van der Waals surface area (Å²) in [6.07, 6.45) is 7.47. The van der Waals surface area contributed by atoms with Gasteiger partial charge in [0.05, 0.1) is 24.6 Å². The van der Waals surface area contributed by atoms with Gasteiger partial charge in [-0.15, -0.1) is 11.3 Å². The van der Waals surface area contributed by atoms with Crippen molar-refractivity contribution in [3.63, 3.8) is 0 Å². The summed E-state index contributed by atoms with van der Waals surface area (Å²) in [4.78, 5) is 19.1. The van der Waals surface area contributed by atoms with Gasteiger partial charge in [-0.25, -0.2) is 4.99 Å². The molecule has 0 radical (unpaired) electrons. The first-order valence-corrected chi connectivity index (χ1v) is 12.5. The standard InChI is InChI=1S/C26H23BrN2O3S/c1-16-8-10-19(21(27)13-16)22-11-9-18(32-22)15-29-26-24(20-6-2-3-7-23(20)33-26)25(30)28-14-17-5-4-12-31-17/h4-5,8-13,15H,2-3,6-7,14H2,1H3,(H,28,30)/b29-15-. The van der Waals surface area contributed by atoms with Crippen molar-refractivity contribution in [2.24, 2.45) is 4.99 Å². The molecule has 0 saturated carbocycles. The summed E-state index contributed by atoms with van der Waals surface area (Å²) in [5.41, 5.74) is 3.99. The average molecular weight is 523 g/mol. The lowest BCUT2D eigenvalue weighted by Gasteiger charge is -2.12. The Morgan fingerprint density at radius 3 is 2.91 bits per heavy atom. The van der Waals surface area contributed by atoms with E-state index >= 15 is 0 Å². The van der Waals surface area contributed by atoms with E-state index in [2.05, 4.69) is 40.3 Å². The van der Waals surface area contributed by atoms with E-state index in [0.717, 1.165) is 57.8 Å². The fourth-order valence-electron chi connectivity index (χ4n) is 4.05. The first kappa shape index (κ1) is 21.9. The van der Waals surface area contributed by atoms with Crippen molar-refractivity contribution in [3.05, 3.63) is 86.3 Å². The second-order valence-corrected chi connectivity index (χ2v) is 10.0. The van der Waals surface area contributed by atoms with Crippen LogP contribution in [-0.4, -0.2) is 12.1 Å². The lowest BCUT2D eigenvalue weighted by atomic mass is 9.95. The molecule has 7 heteroatoms. The number of nitrogens with one attached hydrogen (secondary N) is 1. The monoisotopic (exact) mass is 522 g/mol. The fraction of sp³-hybridized carbons (Fsp3) is 0.231. The van der Waals surface area contributed by atoms with E-state index in [4.69, 9.17) is 13.8 Å². The van der Waals surface area contributed by atoms with Crippen LogP contribution in [-0.2, 0) is 19.4 Å². The third-order valence-electron chi connectivity index (χ3n) is 5.71. The third-order valence-corrected chi connectivity index (χ3v) is 7.56. The number of hydrogen-bond donors (Lipinski definition) is 1. The van der Waals surface area contributed by atoms with Gasteiger partial charge in [-0.3, -0.25) is 4.79 Å². The van der Waals surface area contributed by atoms with Gasteiger partial charge in [0, 0.05) is 14.9 Å². The third kappa shape index (κ3) is 4.75. The second kappa shape index (κ2) is 9.53. The summed E-state index contributed by atoms with van der Waals surface area (Å²) in [5, 5.41) is 3.71. The molecular formula is C26H23BrN2O3S. The van der Waals surface area contributed by atoms with Crippen molar-refractivity contribution in [1.82, 2.24) is 5.32 Å². The van der Waals surface area contributed by atoms with Crippen LogP contribution in [0, 0.1) is 6.92 Å². The predicted molar refractivity (Wildman–Crippen MR) is 135 cm³/mol. The van der Waals surface area contributed by atoms with Gasteiger partial charge >= 0.3 is 0 Å². The molecule has 0 fully saturated rings. The number of furan rings is 2. The van der Waals surface area contributed by atoms with Crippen LogP contribution in [0.25, 0.3) is 11.3 Å². The highest BCUT2D eigenvalue weighted by Crippen LogP contribution is 2.40. The van der Waals surface area contributed by atoms with Crippen molar-refractivity contribution in [3.8, 4) is 11.3 Å². The number of aryl methyl sites for hydroxylation is 2. The predicted octanol–water partition coefficient (Wildman–Crippen LogP) is 7.23. The highest BCUT2D eigenvalue weighted by molar-refractivity contribution is 9.10. The Bertz CT molecular complexity index is 1320. The van der Waals surface area contributed by atoms with Crippen LogP contribution in [0.15, 0.2) is 67.0 Å². The van der Waals surface area contributed by atoms with E-state index in [1.54, 1.807) is 23.8 Å². The van der Waals surface area contributed by atoms with Crippen LogP contribution in [0.1, 0.15) is 50.7 Å². The molecule has 5 nitrogen and oxygen atoms in total. The smallest absolute Gasteiger partial charge is 0.255 e. The zero-order chi connectivity index (χ0) is 22.8. The summed E-state index contributed by atoms with van der Waals surface area (Å²) in [6.45, 7) is 2.41. The van der Waals surface area contributed by atoms with Crippen molar-refractivity contribution in [2.75, 3.05) is 0 Å². The Kier molecular flexibility index (Phi) is 6.33. The molecule has 0 atom stereocenters. The average Bonchev–Trinajstić information content (AvgIpc) is 3.55. The molecule has 0 bridgehead atoms. The van der Waals surface area contributed by atoms with Crippen LogP contribution < -0.4 is 5.32 Å². The number of thiophene rings is 1. The van der Waals surface area contributed by atoms with E-state index in [9.17, 15) is 4.79 Å². The maximum Gasteiger partial charge on any atom is 0.255 e. The van der Waals surface area contributed by atoms with Gasteiger partial charge in [-0.1, -0.05) is 22.0 Å². The van der Waals surface area contributed by atoms with Crippen molar-refractivity contribution >= 4 is 44.4 Å². The van der Waals surface area contributed by atoms with Crippen molar-refractivity contribution < 1.29 is 13.6 Å². The van der Waals surface area contributed by atoms with Gasteiger partial charge in [0.2, 0.25) is 0 Å². The molecule has 1 aromatic carbocycles. The van der Waals surface area contributed by atoms with Crippen LogP contribution >= 0.6 is 27.3 Å². The molecule has 0 unspecified atom stereocenters. The largest absolute Gasteiger partial charge is 0.467 e. The second-order valence-electron chi connectivity index (χ2n) is 8.10. The van der Waals surface area contributed by atoms with Crippen molar-refractivity contribution in [2.45, 2.75) is 39.2 Å². The normalized spacial score (nSPS) is 13.4. The van der Waals surface area contributed by atoms with E-state index in [1.807, 2.05) is 30.3 Å². The molecule has 4 aromatic rings. The Morgan fingerprint density at radius 1 is 1.21 bits per heavy atom.